The SMILES string of the molecule is CC(C)Oc1ccc(F)c(-c2ccc(N)c(C(=O)Cc3cnccc3N3CCC[C@H](N)C3)n2)c1.CCCOc1ccc(F)c(-c2ccc(N)c(C(=O)Cc3cnccc3N3CCC[C@H](N)C3)n2)c1.CCOc1ccc(F)c(-c2ccc(N)c(C(=O)Cc3cnccc3N3CCC[C@H](N)C3)n2)c1.COc1ccc(F)c(-c2ccc(N)c(C(=O)Cc3cnccc3N3CCC[C@H](N)C3)n2)c1. The number of rotatable bonds is 28. The summed E-state index contributed by atoms with van der Waals surface area (Å²) in [6.45, 7) is 15.1. The molecule has 0 bridgehead atoms. The Hall–Kier alpha value is -14.1. The average Bonchev–Trinajstić information content (AvgIpc) is 0.809. The fourth-order valence-electron chi connectivity index (χ4n) is 16.6. The predicted octanol–water partition coefficient (Wildman–Crippen LogP) is 14.9. The molecule has 4 aromatic carbocycles. The molecule has 4 atom stereocenters. The van der Waals surface area contributed by atoms with E-state index >= 15 is 0 Å². The molecule has 4 saturated heterocycles. The van der Waals surface area contributed by atoms with E-state index in [4.69, 9.17) is 64.8 Å². The number of carbonyl (C=O) groups is 4. The number of nitrogen functional groups attached to an aromatic ring is 4. The van der Waals surface area contributed by atoms with E-state index in [1.54, 1.807) is 141 Å². The van der Waals surface area contributed by atoms with E-state index in [1.807, 2.05) is 52.0 Å². The van der Waals surface area contributed by atoms with Crippen LogP contribution in [0.1, 0.15) is 150 Å². The lowest BCUT2D eigenvalue weighted by molar-refractivity contribution is 0.0981. The van der Waals surface area contributed by atoms with Crippen molar-refractivity contribution < 1.29 is 55.7 Å². The summed E-state index contributed by atoms with van der Waals surface area (Å²) in [5, 5.41) is 0. The van der Waals surface area contributed by atoms with Crippen molar-refractivity contribution >= 4 is 68.6 Å². The second-order valence-corrected chi connectivity index (χ2v) is 33.6. The van der Waals surface area contributed by atoms with Crippen molar-refractivity contribution in [3.63, 3.8) is 0 Å². The Morgan fingerprint density at radius 2 is 0.647 bits per heavy atom. The molecule has 8 aromatic heterocycles. The first-order chi connectivity index (χ1) is 64.2. The van der Waals surface area contributed by atoms with Crippen molar-refractivity contribution in [2.45, 2.75) is 141 Å². The largest absolute Gasteiger partial charge is 0.497 e. The zero-order chi connectivity index (χ0) is 94.4. The number of aromatic nitrogens is 8. The summed E-state index contributed by atoms with van der Waals surface area (Å²) >= 11 is 0. The third-order valence-corrected chi connectivity index (χ3v) is 23.1. The molecule has 0 aliphatic carbocycles. The number of hydrogen-bond donors (Lipinski definition) is 8. The maximum Gasteiger partial charge on any atom is 0.187 e. The summed E-state index contributed by atoms with van der Waals surface area (Å²) in [6, 6.07) is 38.6. The Morgan fingerprint density at radius 3 is 0.917 bits per heavy atom. The van der Waals surface area contributed by atoms with Gasteiger partial charge in [-0.05, 0) is 224 Å². The van der Waals surface area contributed by atoms with Crippen LogP contribution in [0.3, 0.4) is 0 Å². The standard InChI is InChI=1S/2C26H30FN5O2.C25H28FN5O2.C24H26FN5O2/c1-16(2)34-19-5-6-21(27)20(13-19)23-8-7-22(29)26(31-23)25(33)12-17-14-30-10-9-24(17)32-11-3-4-18(28)15-32;1-2-12-34-19-5-6-21(27)20(14-19)23-8-7-22(29)26(31-23)25(33)13-17-15-30-10-9-24(17)32-11-3-4-18(28)16-32;1-2-33-18-5-6-20(26)19(13-18)22-8-7-21(28)25(30-22)24(32)12-16-14-29-10-9-23(16)31-11-3-4-17(27)15-31;1-32-17-4-5-19(25)18(12-17)21-7-6-20(27)24(29-21)23(31)11-15-13-28-9-8-22(15)30-10-2-3-16(26)14-30/h5-10,13-14,16,18H,3-4,11-12,15,28-29H2,1-2H3;5-10,14-15,18H,2-4,11-13,16,28-29H2,1H3;5-10,13-14,17H,2-4,11-12,15,27-28H2,1H3;4-9,12-13,16H,2-3,10-11,14,26-27H2,1H3/t2*18-;17-;16-/m0000/s1. The number of anilines is 8. The molecule has 133 heavy (non-hydrogen) atoms. The number of nitrogens with two attached hydrogens (primary N) is 8. The van der Waals surface area contributed by atoms with Gasteiger partial charge in [-0.15, -0.1) is 0 Å². The predicted molar refractivity (Wildman–Crippen MR) is 512 cm³/mol. The number of ketones is 4. The van der Waals surface area contributed by atoms with Gasteiger partial charge in [-0.1, -0.05) is 6.92 Å². The van der Waals surface area contributed by atoms with Gasteiger partial charge in [0.15, 0.2) is 23.1 Å². The molecule has 4 aliphatic rings. The Kier molecular flexibility index (Phi) is 33.1. The molecule has 4 fully saturated rings. The molecule has 32 heteroatoms. The molecule has 0 amide bonds. The van der Waals surface area contributed by atoms with Gasteiger partial charge in [0.05, 0.1) is 72.0 Å². The maximum absolute atomic E-state index is 14.6. The van der Waals surface area contributed by atoms with Gasteiger partial charge >= 0.3 is 0 Å². The molecule has 694 valence electrons. The highest BCUT2D eigenvalue weighted by molar-refractivity contribution is 6.04. The third-order valence-electron chi connectivity index (χ3n) is 23.1. The molecule has 0 spiro atoms. The van der Waals surface area contributed by atoms with Gasteiger partial charge in [0.2, 0.25) is 0 Å². The topological polar surface area (TPSA) is 429 Å². The van der Waals surface area contributed by atoms with Crippen LogP contribution in [-0.4, -0.2) is 166 Å². The van der Waals surface area contributed by atoms with Crippen LogP contribution in [0.15, 0.2) is 195 Å². The van der Waals surface area contributed by atoms with E-state index in [0.29, 0.717) is 59.0 Å². The lowest BCUT2D eigenvalue weighted by Crippen LogP contribution is -2.43. The Morgan fingerprint density at radius 1 is 0.376 bits per heavy atom. The number of pyridine rings is 8. The number of hydrogen-bond acceptors (Lipinski definition) is 28. The summed E-state index contributed by atoms with van der Waals surface area (Å²) in [5.74, 6) is -0.760. The lowest BCUT2D eigenvalue weighted by Gasteiger charge is -2.33. The summed E-state index contributed by atoms with van der Waals surface area (Å²) in [5.41, 5.74) is 59.6. The van der Waals surface area contributed by atoms with E-state index in [2.05, 4.69) is 59.5 Å². The van der Waals surface area contributed by atoms with Crippen LogP contribution in [0.5, 0.6) is 23.0 Å². The number of nitrogens with zero attached hydrogens (tertiary/aromatic N) is 12. The minimum Gasteiger partial charge on any atom is -0.497 e. The Labute approximate surface area is 771 Å². The lowest BCUT2D eigenvalue weighted by atomic mass is 10.0. The van der Waals surface area contributed by atoms with E-state index in [-0.39, 0.29) is 147 Å². The van der Waals surface area contributed by atoms with Crippen LogP contribution in [0, 0.1) is 23.3 Å². The summed E-state index contributed by atoms with van der Waals surface area (Å²) in [7, 11) is 1.50. The Balaban J connectivity index is 0.000000151. The van der Waals surface area contributed by atoms with Gasteiger partial charge in [-0.2, -0.15) is 0 Å². The number of piperidine rings is 4. The van der Waals surface area contributed by atoms with Gasteiger partial charge in [-0.25, -0.2) is 37.5 Å². The van der Waals surface area contributed by atoms with Crippen LogP contribution in [-0.2, 0) is 25.7 Å². The number of ether oxygens (including phenoxy) is 4. The molecule has 16 rings (SSSR count). The minimum absolute atomic E-state index is 0.0574. The molecular formula is C101H114F4N20O8. The van der Waals surface area contributed by atoms with Gasteiger partial charge in [0.25, 0.3) is 0 Å². The molecule has 16 N–H and O–H groups in total. The van der Waals surface area contributed by atoms with Crippen LogP contribution in [0.2, 0.25) is 0 Å². The number of methoxy groups -OCH3 is 1. The molecule has 4 aliphatic heterocycles. The number of benzene rings is 4. The molecule has 12 aromatic rings. The first kappa shape index (κ1) is 96.5. The van der Waals surface area contributed by atoms with Crippen LogP contribution in [0.25, 0.3) is 45.0 Å². The zero-order valence-electron chi connectivity index (χ0n) is 75.4. The van der Waals surface area contributed by atoms with E-state index in [1.165, 1.54) is 37.4 Å². The molecule has 0 unspecified atom stereocenters. The second-order valence-electron chi connectivity index (χ2n) is 33.6. The minimum atomic E-state index is -0.461. The summed E-state index contributed by atoms with van der Waals surface area (Å²) in [4.78, 5) is 96.3. The quantitative estimate of drug-likeness (QED) is 0.0167. The maximum atomic E-state index is 14.6. The fraction of sp³-hybridized carbons (Fsp3) is 0.327. The molecule has 0 radical (unpaired) electrons. The highest BCUT2D eigenvalue weighted by Crippen LogP contribution is 2.37. The molecule has 12 heterocycles. The third kappa shape index (κ3) is 25.2. The van der Waals surface area contributed by atoms with Gasteiger partial charge in [0.1, 0.15) is 69.0 Å². The van der Waals surface area contributed by atoms with Crippen molar-refractivity contribution in [3.05, 3.63) is 263 Å². The molecule has 28 nitrogen and oxygen atoms in total. The highest BCUT2D eigenvalue weighted by atomic mass is 19.1. The smallest absolute Gasteiger partial charge is 0.187 e. The molecular weight excluding hydrogens is 1700 g/mol. The number of carbonyl (C=O) groups excluding carboxylic acids is 4. The number of Topliss-reactive ketones (excluding diaryl/α,β-unsaturated/α-hetero) is 4. The van der Waals surface area contributed by atoms with E-state index in [0.717, 1.165) is 155 Å². The van der Waals surface area contributed by atoms with Gasteiger partial charge in [0, 0.05) is 219 Å². The van der Waals surface area contributed by atoms with E-state index in [9.17, 15) is 36.7 Å². The van der Waals surface area contributed by atoms with E-state index < -0.39 is 23.3 Å². The van der Waals surface area contributed by atoms with Crippen molar-refractivity contribution in [2.75, 3.05) is 115 Å². The monoisotopic (exact) mass is 1810 g/mol. The van der Waals surface area contributed by atoms with Crippen molar-refractivity contribution in [1.82, 2.24) is 39.9 Å². The fourth-order valence-corrected chi connectivity index (χ4v) is 16.6. The van der Waals surface area contributed by atoms with Gasteiger partial charge < -0.3 is 84.4 Å². The normalized spacial score (nSPS) is 16.0. The first-order valence-corrected chi connectivity index (χ1v) is 44.8. The first-order valence-electron chi connectivity index (χ1n) is 44.8. The van der Waals surface area contributed by atoms with Crippen molar-refractivity contribution in [1.29, 1.82) is 0 Å². The van der Waals surface area contributed by atoms with Crippen LogP contribution < -0.4 is 84.4 Å². The zero-order valence-corrected chi connectivity index (χ0v) is 75.4. The number of halogens is 4. The van der Waals surface area contributed by atoms with Gasteiger partial charge in [-0.3, -0.25) is 39.1 Å². The second kappa shape index (κ2) is 45.6. The average molecular weight is 1810 g/mol. The molecule has 0 saturated carbocycles. The Bertz CT molecular complexity index is 6100. The van der Waals surface area contributed by atoms with Crippen LogP contribution >= 0.6 is 0 Å². The summed E-state index contributed by atoms with van der Waals surface area (Å²) in [6.07, 6.45) is 22.7. The summed E-state index contributed by atoms with van der Waals surface area (Å²) < 4.78 is 80.2. The highest BCUT2D eigenvalue weighted by Gasteiger charge is 2.30. The van der Waals surface area contributed by atoms with Crippen LogP contribution in [0.4, 0.5) is 63.1 Å². The van der Waals surface area contributed by atoms with Crippen molar-refractivity contribution in [2.24, 2.45) is 22.9 Å². The van der Waals surface area contributed by atoms with Crippen molar-refractivity contribution in [3.8, 4) is 68.0 Å².